The molecular weight excluding hydrogens is 431 g/mol. The molecule has 0 unspecified atom stereocenters. The fourth-order valence-electron chi connectivity index (χ4n) is 2.65. The first-order valence-electron chi connectivity index (χ1n) is 8.64. The van der Waals surface area contributed by atoms with Gasteiger partial charge in [-0.1, -0.05) is 53.5 Å². The SMILES string of the molecule is COC(=O)[C@H](NC(=O)c1[nH]cnc1C(=O)Nc1ccc(Cl)c(Cl)c1)c1ccccc1. The number of halogens is 2. The number of imidazole rings is 1. The van der Waals surface area contributed by atoms with Crippen molar-refractivity contribution in [3.05, 3.63) is 81.9 Å². The van der Waals surface area contributed by atoms with E-state index in [-0.39, 0.29) is 16.4 Å². The molecule has 3 N–H and O–H groups in total. The fraction of sp³-hybridized carbons (Fsp3) is 0.100. The van der Waals surface area contributed by atoms with E-state index in [9.17, 15) is 14.4 Å². The summed E-state index contributed by atoms with van der Waals surface area (Å²) in [5, 5.41) is 5.75. The van der Waals surface area contributed by atoms with Crippen LogP contribution >= 0.6 is 23.2 Å². The Bertz CT molecular complexity index is 1090. The standard InChI is InChI=1S/C20H16Cl2N4O4/c1-30-20(29)15(11-5-3-2-4-6-11)26-19(28)17-16(23-10-24-17)18(27)25-12-7-8-13(21)14(22)9-12/h2-10,15H,1H3,(H,23,24)(H,25,27)(H,26,28)/t15-/m1/s1. The average Bonchev–Trinajstić information content (AvgIpc) is 3.25. The number of aromatic nitrogens is 2. The van der Waals surface area contributed by atoms with Crippen LogP contribution < -0.4 is 10.6 Å². The highest BCUT2D eigenvalue weighted by atomic mass is 35.5. The molecule has 30 heavy (non-hydrogen) atoms. The van der Waals surface area contributed by atoms with Gasteiger partial charge in [0.15, 0.2) is 11.7 Å². The first kappa shape index (κ1) is 21.4. The molecule has 0 aliphatic carbocycles. The first-order chi connectivity index (χ1) is 14.4. The molecule has 0 saturated carbocycles. The third-order valence-corrected chi connectivity index (χ3v) is 4.84. The summed E-state index contributed by atoms with van der Waals surface area (Å²) in [5.41, 5.74) is 0.632. The van der Waals surface area contributed by atoms with Gasteiger partial charge in [-0.2, -0.15) is 0 Å². The van der Waals surface area contributed by atoms with Crippen molar-refractivity contribution in [1.29, 1.82) is 0 Å². The second-order valence-corrected chi connectivity index (χ2v) is 6.86. The van der Waals surface area contributed by atoms with Gasteiger partial charge >= 0.3 is 5.97 Å². The average molecular weight is 447 g/mol. The van der Waals surface area contributed by atoms with Crippen LogP contribution in [0, 0.1) is 0 Å². The Morgan fingerprint density at radius 3 is 2.43 bits per heavy atom. The third-order valence-electron chi connectivity index (χ3n) is 4.10. The number of carbonyl (C=O) groups is 3. The molecule has 0 spiro atoms. The number of H-pyrrole nitrogens is 1. The number of hydrogen-bond donors (Lipinski definition) is 3. The molecule has 154 valence electrons. The molecule has 0 bridgehead atoms. The van der Waals surface area contributed by atoms with Crippen molar-refractivity contribution < 1.29 is 19.1 Å². The Morgan fingerprint density at radius 2 is 1.77 bits per heavy atom. The highest BCUT2D eigenvalue weighted by Gasteiger charge is 2.27. The van der Waals surface area contributed by atoms with Gasteiger partial charge in [-0.15, -0.1) is 0 Å². The van der Waals surface area contributed by atoms with Gasteiger partial charge in [0, 0.05) is 5.69 Å². The lowest BCUT2D eigenvalue weighted by Gasteiger charge is -2.16. The fourth-order valence-corrected chi connectivity index (χ4v) is 2.95. The lowest BCUT2D eigenvalue weighted by atomic mass is 10.1. The lowest BCUT2D eigenvalue weighted by molar-refractivity contribution is -0.143. The normalized spacial score (nSPS) is 11.4. The number of nitrogens with one attached hydrogen (secondary N) is 3. The van der Waals surface area contributed by atoms with Crippen LogP contribution in [-0.4, -0.2) is 34.9 Å². The van der Waals surface area contributed by atoms with Crippen molar-refractivity contribution >= 4 is 46.7 Å². The van der Waals surface area contributed by atoms with Gasteiger partial charge in [0.05, 0.1) is 23.5 Å². The summed E-state index contributed by atoms with van der Waals surface area (Å²) in [6.45, 7) is 0. The van der Waals surface area contributed by atoms with E-state index in [2.05, 4.69) is 20.6 Å². The van der Waals surface area contributed by atoms with Gasteiger partial charge in [0.25, 0.3) is 11.8 Å². The summed E-state index contributed by atoms with van der Waals surface area (Å²) >= 11 is 11.8. The molecule has 3 aromatic rings. The molecule has 0 radical (unpaired) electrons. The topological polar surface area (TPSA) is 113 Å². The van der Waals surface area contributed by atoms with Crippen molar-refractivity contribution in [1.82, 2.24) is 15.3 Å². The second-order valence-electron chi connectivity index (χ2n) is 6.05. The summed E-state index contributed by atoms with van der Waals surface area (Å²) in [6, 6.07) is 12.1. The Hall–Kier alpha value is -3.36. The van der Waals surface area contributed by atoms with Crippen molar-refractivity contribution in [3.63, 3.8) is 0 Å². The zero-order valence-corrected chi connectivity index (χ0v) is 17.1. The highest BCUT2D eigenvalue weighted by Crippen LogP contribution is 2.25. The molecule has 0 saturated heterocycles. The molecule has 8 nitrogen and oxygen atoms in total. The predicted octanol–water partition coefficient (Wildman–Crippen LogP) is 3.61. The minimum absolute atomic E-state index is 0.114. The van der Waals surface area contributed by atoms with Crippen LogP contribution in [0.3, 0.4) is 0 Å². The van der Waals surface area contributed by atoms with E-state index in [1.165, 1.54) is 25.6 Å². The van der Waals surface area contributed by atoms with E-state index in [1.54, 1.807) is 36.4 Å². The lowest BCUT2D eigenvalue weighted by Crippen LogP contribution is -2.35. The van der Waals surface area contributed by atoms with Crippen LogP contribution in [0.1, 0.15) is 32.6 Å². The minimum atomic E-state index is -1.06. The van der Waals surface area contributed by atoms with Gasteiger partial charge in [-0.05, 0) is 23.8 Å². The van der Waals surface area contributed by atoms with Crippen LogP contribution in [0.15, 0.2) is 54.9 Å². The number of rotatable bonds is 6. The Balaban J connectivity index is 1.80. The maximum absolute atomic E-state index is 12.8. The number of esters is 1. The molecule has 1 heterocycles. The van der Waals surface area contributed by atoms with E-state index in [1.807, 2.05) is 0 Å². The van der Waals surface area contributed by atoms with E-state index >= 15 is 0 Å². The smallest absolute Gasteiger partial charge is 0.333 e. The molecule has 10 heteroatoms. The molecule has 0 aliphatic heterocycles. The Morgan fingerprint density at radius 1 is 1.03 bits per heavy atom. The number of amides is 2. The maximum atomic E-state index is 12.8. The number of carbonyl (C=O) groups excluding carboxylic acids is 3. The van der Waals surface area contributed by atoms with Gasteiger partial charge < -0.3 is 20.4 Å². The largest absolute Gasteiger partial charge is 0.467 e. The van der Waals surface area contributed by atoms with Gasteiger partial charge in [-0.3, -0.25) is 9.59 Å². The van der Waals surface area contributed by atoms with Crippen LogP contribution in [0.2, 0.25) is 10.0 Å². The zero-order chi connectivity index (χ0) is 21.7. The quantitative estimate of drug-likeness (QED) is 0.500. The minimum Gasteiger partial charge on any atom is -0.467 e. The van der Waals surface area contributed by atoms with Crippen molar-refractivity contribution in [2.45, 2.75) is 6.04 Å². The van der Waals surface area contributed by atoms with Gasteiger partial charge in [0.2, 0.25) is 0 Å². The van der Waals surface area contributed by atoms with Gasteiger partial charge in [0.1, 0.15) is 5.69 Å². The molecule has 3 rings (SSSR count). The van der Waals surface area contributed by atoms with E-state index < -0.39 is 23.8 Å². The Labute approximate surface area is 181 Å². The molecule has 0 fully saturated rings. The van der Waals surface area contributed by atoms with E-state index in [4.69, 9.17) is 27.9 Å². The number of aromatic amines is 1. The second kappa shape index (κ2) is 9.43. The predicted molar refractivity (Wildman–Crippen MR) is 112 cm³/mol. The number of benzene rings is 2. The first-order valence-corrected chi connectivity index (χ1v) is 9.39. The van der Waals surface area contributed by atoms with Crippen molar-refractivity contribution in [2.75, 3.05) is 12.4 Å². The van der Waals surface area contributed by atoms with Crippen LogP contribution in [-0.2, 0) is 9.53 Å². The summed E-state index contributed by atoms with van der Waals surface area (Å²) in [4.78, 5) is 44.1. The molecular formula is C20H16Cl2N4O4. The van der Waals surface area contributed by atoms with Crippen LogP contribution in [0.25, 0.3) is 0 Å². The third kappa shape index (κ3) is 4.79. The molecule has 2 amide bonds. The van der Waals surface area contributed by atoms with E-state index in [0.29, 0.717) is 16.3 Å². The zero-order valence-electron chi connectivity index (χ0n) is 15.6. The summed E-state index contributed by atoms with van der Waals surface area (Å²) in [6.07, 6.45) is 1.20. The molecule has 1 aromatic heterocycles. The molecule has 0 aliphatic rings. The number of ether oxygens (including phenoxy) is 1. The molecule has 2 aromatic carbocycles. The Kier molecular flexibility index (Phi) is 6.71. The highest BCUT2D eigenvalue weighted by molar-refractivity contribution is 6.42. The summed E-state index contributed by atoms with van der Waals surface area (Å²) in [7, 11) is 1.22. The molecule has 1 atom stereocenters. The van der Waals surface area contributed by atoms with Crippen LogP contribution in [0.4, 0.5) is 5.69 Å². The maximum Gasteiger partial charge on any atom is 0.333 e. The number of anilines is 1. The van der Waals surface area contributed by atoms with Crippen molar-refractivity contribution in [2.24, 2.45) is 0 Å². The number of nitrogens with zero attached hydrogens (tertiary/aromatic N) is 1. The summed E-state index contributed by atoms with van der Waals surface area (Å²) in [5.74, 6) is -2.00. The summed E-state index contributed by atoms with van der Waals surface area (Å²) < 4.78 is 4.78. The van der Waals surface area contributed by atoms with Crippen LogP contribution in [0.5, 0.6) is 0 Å². The number of hydrogen-bond acceptors (Lipinski definition) is 5. The number of methoxy groups -OCH3 is 1. The monoisotopic (exact) mass is 446 g/mol. The van der Waals surface area contributed by atoms with Gasteiger partial charge in [-0.25, -0.2) is 9.78 Å². The van der Waals surface area contributed by atoms with E-state index in [0.717, 1.165) is 0 Å². The van der Waals surface area contributed by atoms with Crippen molar-refractivity contribution in [3.8, 4) is 0 Å².